The van der Waals surface area contributed by atoms with Crippen molar-refractivity contribution >= 4 is 42.4 Å². The van der Waals surface area contributed by atoms with Crippen molar-refractivity contribution in [1.29, 1.82) is 0 Å². The first-order valence-electron chi connectivity index (χ1n) is 7.86. The highest BCUT2D eigenvalue weighted by Crippen LogP contribution is 2.32. The summed E-state index contributed by atoms with van der Waals surface area (Å²) in [7, 11) is -3.73. The minimum atomic E-state index is -3.73. The van der Waals surface area contributed by atoms with Gasteiger partial charge in [0.15, 0.2) is 0 Å². The van der Waals surface area contributed by atoms with Crippen LogP contribution in [0.1, 0.15) is 12.5 Å². The molecule has 1 N–H and O–H groups in total. The van der Waals surface area contributed by atoms with Crippen molar-refractivity contribution in [2.45, 2.75) is 18.7 Å². The van der Waals surface area contributed by atoms with Crippen LogP contribution in [0.2, 0.25) is 0 Å². The Morgan fingerprint density at radius 2 is 1.76 bits per heavy atom. The summed E-state index contributed by atoms with van der Waals surface area (Å²) >= 11 is 3.38. The number of sulfonamides is 1. The molecule has 0 radical (unpaired) electrons. The van der Waals surface area contributed by atoms with Crippen LogP contribution >= 0.6 is 15.9 Å². The second-order valence-electron chi connectivity index (χ2n) is 5.61. The van der Waals surface area contributed by atoms with Crippen molar-refractivity contribution in [3.05, 3.63) is 64.6 Å². The number of ether oxygens (including phenoxy) is 1. The van der Waals surface area contributed by atoms with Gasteiger partial charge in [0.25, 0.3) is 10.0 Å². The Morgan fingerprint density at radius 3 is 2.44 bits per heavy atom. The zero-order valence-corrected chi connectivity index (χ0v) is 16.3. The second kappa shape index (κ2) is 7.06. The van der Waals surface area contributed by atoms with Crippen LogP contribution in [0.25, 0.3) is 10.8 Å². The number of rotatable bonds is 5. The van der Waals surface area contributed by atoms with Gasteiger partial charge in [0, 0.05) is 15.2 Å². The second-order valence-corrected chi connectivity index (χ2v) is 8.17. The third kappa shape index (κ3) is 3.65. The highest BCUT2D eigenvalue weighted by molar-refractivity contribution is 9.10. The van der Waals surface area contributed by atoms with Crippen LogP contribution < -0.4 is 9.46 Å². The smallest absolute Gasteiger partial charge is 0.262 e. The van der Waals surface area contributed by atoms with Crippen LogP contribution in [0.4, 0.5) is 5.69 Å². The first-order valence-corrected chi connectivity index (χ1v) is 10.1. The molecule has 0 spiro atoms. The Bertz CT molecular complexity index is 1030. The summed E-state index contributed by atoms with van der Waals surface area (Å²) in [6.07, 6.45) is 0. The lowest BCUT2D eigenvalue weighted by molar-refractivity contribution is 0.344. The van der Waals surface area contributed by atoms with Gasteiger partial charge in [0.1, 0.15) is 5.75 Å². The van der Waals surface area contributed by atoms with Crippen LogP contribution in [-0.2, 0) is 10.0 Å². The van der Waals surface area contributed by atoms with E-state index in [0.29, 0.717) is 23.4 Å². The van der Waals surface area contributed by atoms with E-state index in [1.54, 1.807) is 30.3 Å². The van der Waals surface area contributed by atoms with Gasteiger partial charge < -0.3 is 4.74 Å². The maximum atomic E-state index is 13.0. The van der Waals surface area contributed by atoms with Crippen molar-refractivity contribution in [2.24, 2.45) is 0 Å². The summed E-state index contributed by atoms with van der Waals surface area (Å²) in [4.78, 5) is 0.230. The maximum absolute atomic E-state index is 13.0. The molecule has 3 aromatic carbocycles. The lowest BCUT2D eigenvalue weighted by Gasteiger charge is -2.14. The fraction of sp³-hybridized carbons (Fsp3) is 0.158. The van der Waals surface area contributed by atoms with E-state index in [-0.39, 0.29) is 4.90 Å². The number of aryl methyl sites for hydroxylation is 1. The van der Waals surface area contributed by atoms with Gasteiger partial charge in [-0.05, 0) is 49.7 Å². The van der Waals surface area contributed by atoms with Gasteiger partial charge in [-0.25, -0.2) is 8.42 Å². The average Bonchev–Trinajstić information content (AvgIpc) is 2.58. The molecule has 0 heterocycles. The van der Waals surface area contributed by atoms with Gasteiger partial charge in [-0.1, -0.05) is 40.2 Å². The molecule has 130 valence electrons. The monoisotopic (exact) mass is 419 g/mol. The minimum absolute atomic E-state index is 0.230. The van der Waals surface area contributed by atoms with Crippen molar-refractivity contribution in [2.75, 3.05) is 11.3 Å². The molecule has 4 nitrogen and oxygen atoms in total. The topological polar surface area (TPSA) is 55.4 Å². The number of hydrogen-bond donors (Lipinski definition) is 1. The van der Waals surface area contributed by atoms with E-state index >= 15 is 0 Å². The third-order valence-electron chi connectivity index (χ3n) is 3.87. The first-order chi connectivity index (χ1) is 11.9. The van der Waals surface area contributed by atoms with Crippen LogP contribution in [0.5, 0.6) is 5.75 Å². The van der Waals surface area contributed by atoms with Gasteiger partial charge in [-0.15, -0.1) is 0 Å². The Balaban J connectivity index is 2.10. The summed E-state index contributed by atoms with van der Waals surface area (Å²) in [6, 6.07) is 16.1. The van der Waals surface area contributed by atoms with Crippen molar-refractivity contribution in [1.82, 2.24) is 0 Å². The Morgan fingerprint density at radius 1 is 1.04 bits per heavy atom. The molecule has 25 heavy (non-hydrogen) atoms. The van der Waals surface area contributed by atoms with Gasteiger partial charge >= 0.3 is 0 Å². The zero-order chi connectivity index (χ0) is 18.0. The van der Waals surface area contributed by atoms with Gasteiger partial charge in [0.2, 0.25) is 0 Å². The summed E-state index contributed by atoms with van der Waals surface area (Å²) in [5.41, 5.74) is 1.40. The third-order valence-corrected chi connectivity index (χ3v) is 5.78. The van der Waals surface area contributed by atoms with Crippen molar-refractivity contribution in [3.8, 4) is 5.75 Å². The standard InChI is InChI=1S/C19H18BrNO3S/c1-3-24-18-10-11-19(16-7-5-4-6-15(16)18)25(22,23)21-17-9-8-14(20)12-13(17)2/h4-12,21H,3H2,1-2H3. The first kappa shape index (κ1) is 17.8. The fourth-order valence-corrected chi connectivity index (χ4v) is 4.52. The van der Waals surface area contributed by atoms with Crippen LogP contribution in [0.15, 0.2) is 64.0 Å². The molecule has 0 saturated carbocycles. The quantitative estimate of drug-likeness (QED) is 0.624. The largest absolute Gasteiger partial charge is 0.493 e. The SMILES string of the molecule is CCOc1ccc(S(=O)(=O)Nc2ccc(Br)cc2C)c2ccccc12. The fourth-order valence-electron chi connectivity index (χ4n) is 2.70. The molecular weight excluding hydrogens is 402 g/mol. The molecule has 0 atom stereocenters. The van der Waals surface area contributed by atoms with Crippen molar-refractivity contribution < 1.29 is 13.2 Å². The number of halogens is 1. The zero-order valence-electron chi connectivity index (χ0n) is 13.9. The minimum Gasteiger partial charge on any atom is -0.493 e. The number of nitrogens with one attached hydrogen (secondary N) is 1. The molecule has 0 aliphatic heterocycles. The lowest BCUT2D eigenvalue weighted by atomic mass is 10.1. The number of anilines is 1. The normalized spacial score (nSPS) is 11.5. The van der Waals surface area contributed by atoms with Crippen LogP contribution in [-0.4, -0.2) is 15.0 Å². The summed E-state index contributed by atoms with van der Waals surface area (Å²) in [5, 5.41) is 1.41. The highest BCUT2D eigenvalue weighted by Gasteiger charge is 2.20. The van der Waals surface area contributed by atoms with E-state index in [1.165, 1.54) is 0 Å². The molecule has 0 aliphatic rings. The Labute approximate surface area is 156 Å². The Kier molecular flexibility index (Phi) is 5.01. The van der Waals surface area contributed by atoms with E-state index in [2.05, 4.69) is 20.7 Å². The molecule has 3 rings (SSSR count). The number of hydrogen-bond acceptors (Lipinski definition) is 3. The molecule has 0 aliphatic carbocycles. The predicted molar refractivity (Wildman–Crippen MR) is 105 cm³/mol. The van der Waals surface area contributed by atoms with Crippen molar-refractivity contribution in [3.63, 3.8) is 0 Å². The van der Waals surface area contributed by atoms with Crippen LogP contribution in [0, 0.1) is 6.92 Å². The van der Waals surface area contributed by atoms with Crippen LogP contribution in [0.3, 0.4) is 0 Å². The highest BCUT2D eigenvalue weighted by atomic mass is 79.9. The predicted octanol–water partition coefficient (Wildman–Crippen LogP) is 5.11. The van der Waals surface area contributed by atoms with Gasteiger partial charge in [-0.3, -0.25) is 4.72 Å². The van der Waals surface area contributed by atoms with E-state index in [0.717, 1.165) is 15.4 Å². The number of benzene rings is 3. The average molecular weight is 420 g/mol. The summed E-state index contributed by atoms with van der Waals surface area (Å²) in [6.45, 7) is 4.28. The lowest BCUT2D eigenvalue weighted by Crippen LogP contribution is -2.14. The maximum Gasteiger partial charge on any atom is 0.262 e. The summed E-state index contributed by atoms with van der Waals surface area (Å²) in [5.74, 6) is 0.678. The molecule has 0 saturated heterocycles. The van der Waals surface area contributed by atoms with E-state index in [1.807, 2.05) is 38.1 Å². The van der Waals surface area contributed by atoms with E-state index < -0.39 is 10.0 Å². The number of fused-ring (bicyclic) bond motifs is 1. The molecule has 0 fully saturated rings. The van der Waals surface area contributed by atoms with Gasteiger partial charge in [0.05, 0.1) is 17.2 Å². The van der Waals surface area contributed by atoms with Gasteiger partial charge in [-0.2, -0.15) is 0 Å². The molecule has 6 heteroatoms. The molecule has 0 aromatic heterocycles. The molecule has 0 bridgehead atoms. The van der Waals surface area contributed by atoms with E-state index in [9.17, 15) is 8.42 Å². The molecule has 3 aromatic rings. The summed E-state index contributed by atoms with van der Waals surface area (Å²) < 4.78 is 35.1. The van der Waals surface area contributed by atoms with E-state index in [4.69, 9.17) is 4.74 Å². The molecule has 0 amide bonds. The Hall–Kier alpha value is -2.05. The molecular formula is C19H18BrNO3S. The molecule has 0 unspecified atom stereocenters.